The molecular weight excluding hydrogens is 288 g/mol. The molecule has 0 radical (unpaired) electrons. The van der Waals surface area contributed by atoms with Crippen molar-refractivity contribution in [3.05, 3.63) is 41.8 Å². The minimum Gasteiger partial charge on any atom is -0.357 e. The van der Waals surface area contributed by atoms with Gasteiger partial charge >= 0.3 is 6.18 Å². The van der Waals surface area contributed by atoms with Gasteiger partial charge in [-0.15, -0.1) is 0 Å². The van der Waals surface area contributed by atoms with Crippen molar-refractivity contribution in [1.82, 2.24) is 9.97 Å². The molecular formula is C13H12F4N4. The molecule has 1 heterocycles. The average Bonchev–Trinajstić information content (AvgIpc) is 2.46. The molecule has 0 aliphatic carbocycles. The molecule has 21 heavy (non-hydrogen) atoms. The molecule has 0 unspecified atom stereocenters. The largest absolute Gasteiger partial charge is 0.433 e. The van der Waals surface area contributed by atoms with Crippen LogP contribution in [0.1, 0.15) is 5.69 Å². The molecule has 0 spiro atoms. The predicted octanol–water partition coefficient (Wildman–Crippen LogP) is 3.44. The Morgan fingerprint density at radius 3 is 2.24 bits per heavy atom. The summed E-state index contributed by atoms with van der Waals surface area (Å²) < 4.78 is 51.3. The SMILES string of the molecule is CNc1nc(N(C)c2ccc(F)cc2)cc(C(F)(F)F)n1. The number of hydrogen-bond acceptors (Lipinski definition) is 4. The fourth-order valence-corrected chi connectivity index (χ4v) is 1.66. The number of benzene rings is 1. The first-order chi connectivity index (χ1) is 9.81. The number of nitrogens with one attached hydrogen (secondary N) is 1. The second-order valence-electron chi connectivity index (χ2n) is 4.22. The van der Waals surface area contributed by atoms with E-state index in [0.717, 1.165) is 6.07 Å². The van der Waals surface area contributed by atoms with Crippen LogP contribution in [0.4, 0.5) is 35.0 Å². The van der Waals surface area contributed by atoms with Gasteiger partial charge < -0.3 is 10.2 Å². The van der Waals surface area contributed by atoms with Gasteiger partial charge in [0.1, 0.15) is 11.6 Å². The van der Waals surface area contributed by atoms with E-state index in [4.69, 9.17) is 0 Å². The molecule has 2 rings (SSSR count). The Balaban J connectivity index is 2.45. The van der Waals surface area contributed by atoms with Gasteiger partial charge in [0.25, 0.3) is 0 Å². The zero-order valence-electron chi connectivity index (χ0n) is 11.2. The number of nitrogens with zero attached hydrogens (tertiary/aromatic N) is 3. The summed E-state index contributed by atoms with van der Waals surface area (Å²) in [6, 6.07) is 6.17. The number of anilines is 3. The first-order valence-corrected chi connectivity index (χ1v) is 5.94. The standard InChI is InChI=1S/C13H12F4N4/c1-18-12-19-10(13(15,16)17)7-11(20-12)21(2)9-5-3-8(14)4-6-9/h3-7H,1-2H3,(H,18,19,20). The molecule has 1 aromatic heterocycles. The summed E-state index contributed by atoms with van der Waals surface area (Å²) in [5.41, 5.74) is -0.545. The van der Waals surface area contributed by atoms with Crippen molar-refractivity contribution in [3.63, 3.8) is 0 Å². The van der Waals surface area contributed by atoms with Crippen molar-refractivity contribution in [2.24, 2.45) is 0 Å². The lowest BCUT2D eigenvalue weighted by Gasteiger charge is -2.20. The molecule has 4 nitrogen and oxygen atoms in total. The lowest BCUT2D eigenvalue weighted by atomic mass is 10.3. The fourth-order valence-electron chi connectivity index (χ4n) is 1.66. The quantitative estimate of drug-likeness (QED) is 0.882. The Labute approximate surface area is 118 Å². The van der Waals surface area contributed by atoms with Crippen LogP contribution in [-0.4, -0.2) is 24.1 Å². The van der Waals surface area contributed by atoms with Crippen molar-refractivity contribution < 1.29 is 17.6 Å². The van der Waals surface area contributed by atoms with Gasteiger partial charge in [0.15, 0.2) is 5.69 Å². The van der Waals surface area contributed by atoms with E-state index in [2.05, 4.69) is 15.3 Å². The maximum Gasteiger partial charge on any atom is 0.433 e. The highest BCUT2D eigenvalue weighted by Gasteiger charge is 2.34. The molecule has 0 aliphatic heterocycles. The third-order valence-corrected chi connectivity index (χ3v) is 2.78. The third-order valence-electron chi connectivity index (χ3n) is 2.78. The number of aromatic nitrogens is 2. The Hall–Kier alpha value is -2.38. The van der Waals surface area contributed by atoms with Crippen LogP contribution in [0.15, 0.2) is 30.3 Å². The van der Waals surface area contributed by atoms with Crippen LogP contribution in [0.5, 0.6) is 0 Å². The lowest BCUT2D eigenvalue weighted by Crippen LogP contribution is -2.16. The van der Waals surface area contributed by atoms with Crippen molar-refractivity contribution in [1.29, 1.82) is 0 Å². The maximum atomic E-state index is 12.9. The van der Waals surface area contributed by atoms with E-state index < -0.39 is 17.7 Å². The van der Waals surface area contributed by atoms with Crippen molar-refractivity contribution >= 4 is 17.5 Å². The van der Waals surface area contributed by atoms with Gasteiger partial charge in [-0.25, -0.2) is 9.37 Å². The van der Waals surface area contributed by atoms with E-state index in [1.165, 1.54) is 43.3 Å². The highest BCUT2D eigenvalue weighted by atomic mass is 19.4. The topological polar surface area (TPSA) is 41.1 Å². The van der Waals surface area contributed by atoms with E-state index >= 15 is 0 Å². The van der Waals surface area contributed by atoms with Crippen LogP contribution in [0, 0.1) is 5.82 Å². The maximum absolute atomic E-state index is 12.9. The van der Waals surface area contributed by atoms with Crippen LogP contribution in [0.25, 0.3) is 0 Å². The van der Waals surface area contributed by atoms with E-state index in [0.29, 0.717) is 5.69 Å². The van der Waals surface area contributed by atoms with Crippen molar-refractivity contribution in [2.45, 2.75) is 6.18 Å². The number of hydrogen-bond donors (Lipinski definition) is 1. The highest BCUT2D eigenvalue weighted by Crippen LogP contribution is 2.32. The van der Waals surface area contributed by atoms with E-state index in [-0.39, 0.29) is 11.8 Å². The molecule has 0 saturated carbocycles. The molecule has 0 aliphatic rings. The summed E-state index contributed by atoms with van der Waals surface area (Å²) in [5, 5.41) is 2.49. The van der Waals surface area contributed by atoms with Gasteiger partial charge in [0.05, 0.1) is 0 Å². The Morgan fingerprint density at radius 1 is 1.10 bits per heavy atom. The minimum absolute atomic E-state index is 0.0493. The summed E-state index contributed by atoms with van der Waals surface area (Å²) in [6.07, 6.45) is -4.58. The molecule has 8 heteroatoms. The molecule has 1 N–H and O–H groups in total. The van der Waals surface area contributed by atoms with E-state index in [1.54, 1.807) is 0 Å². The monoisotopic (exact) mass is 300 g/mol. The van der Waals surface area contributed by atoms with E-state index in [1.807, 2.05) is 0 Å². The van der Waals surface area contributed by atoms with Gasteiger partial charge in [-0.1, -0.05) is 0 Å². The molecule has 0 amide bonds. The second kappa shape index (κ2) is 5.55. The number of alkyl halides is 3. The summed E-state index contributed by atoms with van der Waals surface area (Å²) in [7, 11) is 2.96. The third kappa shape index (κ3) is 3.39. The fraction of sp³-hybridized carbons (Fsp3) is 0.231. The van der Waals surface area contributed by atoms with Crippen LogP contribution < -0.4 is 10.2 Å². The number of halogens is 4. The molecule has 0 bridgehead atoms. The molecule has 0 atom stereocenters. The van der Waals surface area contributed by atoms with Gasteiger partial charge in [-0.2, -0.15) is 18.2 Å². The highest BCUT2D eigenvalue weighted by molar-refractivity contribution is 5.60. The Morgan fingerprint density at radius 2 is 1.71 bits per heavy atom. The van der Waals surface area contributed by atoms with E-state index in [9.17, 15) is 17.6 Å². The molecule has 0 fully saturated rings. The van der Waals surface area contributed by atoms with Crippen molar-refractivity contribution in [2.75, 3.05) is 24.3 Å². The van der Waals surface area contributed by atoms with Crippen LogP contribution in [0.2, 0.25) is 0 Å². The molecule has 2 aromatic rings. The predicted molar refractivity (Wildman–Crippen MR) is 71.0 cm³/mol. The lowest BCUT2D eigenvalue weighted by molar-refractivity contribution is -0.141. The van der Waals surface area contributed by atoms with Crippen LogP contribution in [0.3, 0.4) is 0 Å². The Kier molecular flexibility index (Phi) is 3.97. The summed E-state index contributed by atoms with van der Waals surface area (Å²) >= 11 is 0. The van der Waals surface area contributed by atoms with Crippen LogP contribution >= 0.6 is 0 Å². The Bertz CT molecular complexity index is 625. The zero-order valence-corrected chi connectivity index (χ0v) is 11.2. The molecule has 112 valence electrons. The van der Waals surface area contributed by atoms with Crippen molar-refractivity contribution in [3.8, 4) is 0 Å². The summed E-state index contributed by atoms with van der Waals surface area (Å²) in [6.45, 7) is 0. The van der Waals surface area contributed by atoms with Crippen LogP contribution in [-0.2, 0) is 6.18 Å². The molecule has 0 saturated heterocycles. The summed E-state index contributed by atoms with van der Waals surface area (Å²) in [5.74, 6) is -0.524. The average molecular weight is 300 g/mol. The van der Waals surface area contributed by atoms with Gasteiger partial charge in [-0.05, 0) is 24.3 Å². The van der Waals surface area contributed by atoms with Gasteiger partial charge in [0, 0.05) is 25.8 Å². The number of rotatable bonds is 3. The smallest absolute Gasteiger partial charge is 0.357 e. The molecule has 1 aromatic carbocycles. The normalized spacial score (nSPS) is 11.3. The summed E-state index contributed by atoms with van der Waals surface area (Å²) in [4.78, 5) is 8.77. The van der Waals surface area contributed by atoms with Gasteiger partial charge in [0.2, 0.25) is 5.95 Å². The second-order valence-corrected chi connectivity index (χ2v) is 4.22. The zero-order chi connectivity index (χ0) is 15.6. The minimum atomic E-state index is -4.58. The van der Waals surface area contributed by atoms with Gasteiger partial charge in [-0.3, -0.25) is 0 Å². The first kappa shape index (κ1) is 15.0. The first-order valence-electron chi connectivity index (χ1n) is 5.94.